The molecule has 2 aromatic rings. The first kappa shape index (κ1) is 16.8. The van der Waals surface area contributed by atoms with Gasteiger partial charge >= 0.3 is 0 Å². The van der Waals surface area contributed by atoms with Crippen LogP contribution in [0.15, 0.2) is 31.8 Å². The van der Waals surface area contributed by atoms with Crippen LogP contribution in [0.25, 0.3) is 0 Å². The van der Waals surface area contributed by atoms with E-state index in [4.69, 9.17) is 0 Å². The topological polar surface area (TPSA) is 37.8 Å². The molecule has 0 bridgehead atoms. The van der Waals surface area contributed by atoms with E-state index >= 15 is 0 Å². The fourth-order valence-corrected chi connectivity index (χ4v) is 4.22. The van der Waals surface area contributed by atoms with E-state index in [-0.39, 0.29) is 5.54 Å². The molecule has 1 heterocycles. The van der Waals surface area contributed by atoms with Crippen molar-refractivity contribution < 1.29 is 0 Å². The third-order valence-electron chi connectivity index (χ3n) is 2.89. The van der Waals surface area contributed by atoms with Crippen LogP contribution in [0, 0.1) is 6.92 Å². The summed E-state index contributed by atoms with van der Waals surface area (Å²) >= 11 is 4.96. The molecule has 1 N–H and O–H groups in total. The van der Waals surface area contributed by atoms with Gasteiger partial charge in [-0.2, -0.15) is 0 Å². The monoisotopic (exact) mass is 339 g/mol. The number of aryl methyl sites for hydroxylation is 1. The standard InChI is InChI=1S/C15H21N3S3/c1-10-8-12(20-14-18-17-13(19-5)21-14)7-6-11(10)9-16-15(2,3)4/h6-8,16H,9H2,1-5H3. The van der Waals surface area contributed by atoms with E-state index < -0.39 is 0 Å². The molecule has 3 nitrogen and oxygen atoms in total. The molecule has 0 fully saturated rings. The Kier molecular flexibility index (Phi) is 5.71. The summed E-state index contributed by atoms with van der Waals surface area (Å²) in [6.45, 7) is 9.62. The minimum atomic E-state index is 0.140. The Hall–Kier alpha value is -0.560. The summed E-state index contributed by atoms with van der Waals surface area (Å²) in [7, 11) is 0. The molecule has 2 rings (SSSR count). The van der Waals surface area contributed by atoms with Crippen LogP contribution >= 0.6 is 34.9 Å². The lowest BCUT2D eigenvalue weighted by atomic mass is 10.1. The van der Waals surface area contributed by atoms with Crippen molar-refractivity contribution in [3.8, 4) is 0 Å². The first-order valence-corrected chi connectivity index (χ1v) is 9.63. The number of hydrogen-bond donors (Lipinski definition) is 1. The summed E-state index contributed by atoms with van der Waals surface area (Å²) in [6.07, 6.45) is 2.02. The molecule has 0 aliphatic carbocycles. The second-order valence-electron chi connectivity index (χ2n) is 5.83. The quantitative estimate of drug-likeness (QED) is 0.805. The van der Waals surface area contributed by atoms with Crippen molar-refractivity contribution in [1.29, 1.82) is 0 Å². The maximum Gasteiger partial charge on any atom is 0.179 e. The minimum Gasteiger partial charge on any atom is -0.308 e. The van der Waals surface area contributed by atoms with E-state index in [0.717, 1.165) is 15.2 Å². The highest BCUT2D eigenvalue weighted by atomic mass is 32.2. The predicted octanol–water partition coefficient (Wildman–Crippen LogP) is 4.61. The van der Waals surface area contributed by atoms with Gasteiger partial charge in [0.25, 0.3) is 0 Å². The van der Waals surface area contributed by atoms with Crippen LogP contribution in [0.1, 0.15) is 31.9 Å². The van der Waals surface area contributed by atoms with Gasteiger partial charge in [0.2, 0.25) is 0 Å². The molecule has 1 aromatic heterocycles. The average molecular weight is 340 g/mol. The zero-order valence-electron chi connectivity index (χ0n) is 13.1. The van der Waals surface area contributed by atoms with Crippen molar-refractivity contribution in [2.75, 3.05) is 6.26 Å². The lowest BCUT2D eigenvalue weighted by Crippen LogP contribution is -2.35. The van der Waals surface area contributed by atoms with Crippen molar-refractivity contribution in [1.82, 2.24) is 15.5 Å². The third-order valence-corrected chi connectivity index (χ3v) is 5.83. The van der Waals surface area contributed by atoms with Gasteiger partial charge in [-0.3, -0.25) is 0 Å². The van der Waals surface area contributed by atoms with Gasteiger partial charge in [0.1, 0.15) is 0 Å². The summed E-state index contributed by atoms with van der Waals surface area (Å²) < 4.78 is 2.01. The van der Waals surface area contributed by atoms with Crippen LogP contribution in [0.5, 0.6) is 0 Å². The molecule has 0 aliphatic rings. The fraction of sp³-hybridized carbons (Fsp3) is 0.467. The van der Waals surface area contributed by atoms with E-state index in [2.05, 4.69) is 61.4 Å². The number of hydrogen-bond acceptors (Lipinski definition) is 6. The highest BCUT2D eigenvalue weighted by Crippen LogP contribution is 2.33. The van der Waals surface area contributed by atoms with Crippen LogP contribution < -0.4 is 5.32 Å². The summed E-state index contributed by atoms with van der Waals surface area (Å²) in [6, 6.07) is 6.59. The van der Waals surface area contributed by atoms with Crippen LogP contribution in [-0.2, 0) is 6.54 Å². The van der Waals surface area contributed by atoms with E-state index in [1.54, 1.807) is 34.9 Å². The molecule has 0 radical (unpaired) electrons. The molecular weight excluding hydrogens is 318 g/mol. The van der Waals surface area contributed by atoms with Gasteiger partial charge < -0.3 is 5.32 Å². The summed E-state index contributed by atoms with van der Waals surface area (Å²) in [5.74, 6) is 0. The number of benzene rings is 1. The van der Waals surface area contributed by atoms with Crippen molar-refractivity contribution >= 4 is 34.9 Å². The molecule has 0 aliphatic heterocycles. The van der Waals surface area contributed by atoms with Gasteiger partial charge in [0, 0.05) is 17.0 Å². The first-order valence-electron chi connectivity index (χ1n) is 6.77. The predicted molar refractivity (Wildman–Crippen MR) is 93.6 cm³/mol. The fourth-order valence-electron chi connectivity index (χ4n) is 1.71. The normalized spacial score (nSPS) is 11.9. The molecular formula is C15H21N3S3. The van der Waals surface area contributed by atoms with Crippen molar-refractivity contribution in [3.63, 3.8) is 0 Å². The Balaban J connectivity index is 2.04. The average Bonchev–Trinajstić information content (AvgIpc) is 2.84. The maximum atomic E-state index is 4.20. The Morgan fingerprint density at radius 1 is 1.19 bits per heavy atom. The highest BCUT2D eigenvalue weighted by Gasteiger charge is 2.10. The first-order chi connectivity index (χ1) is 9.87. The van der Waals surface area contributed by atoms with Crippen molar-refractivity contribution in [2.24, 2.45) is 0 Å². The number of aromatic nitrogens is 2. The Morgan fingerprint density at radius 3 is 2.48 bits per heavy atom. The van der Waals surface area contributed by atoms with E-state index in [0.29, 0.717) is 0 Å². The molecule has 6 heteroatoms. The summed E-state index contributed by atoms with van der Waals surface area (Å²) in [5.41, 5.74) is 2.79. The molecule has 1 aromatic carbocycles. The summed E-state index contributed by atoms with van der Waals surface area (Å²) in [4.78, 5) is 1.22. The number of thioether (sulfide) groups is 1. The van der Waals surface area contributed by atoms with Gasteiger partial charge in [0.15, 0.2) is 8.68 Å². The van der Waals surface area contributed by atoms with Gasteiger partial charge in [-0.25, -0.2) is 0 Å². The third kappa shape index (κ3) is 5.29. The molecule has 0 spiro atoms. The van der Waals surface area contributed by atoms with Crippen molar-refractivity contribution in [3.05, 3.63) is 29.3 Å². The molecule has 21 heavy (non-hydrogen) atoms. The maximum absolute atomic E-state index is 4.20. The van der Waals surface area contributed by atoms with E-state index in [9.17, 15) is 0 Å². The van der Waals surface area contributed by atoms with Gasteiger partial charge in [-0.15, -0.1) is 10.2 Å². The zero-order valence-corrected chi connectivity index (χ0v) is 15.5. The van der Waals surface area contributed by atoms with Gasteiger partial charge in [-0.1, -0.05) is 40.9 Å². The van der Waals surface area contributed by atoms with Gasteiger partial charge in [0.05, 0.1) is 0 Å². The van der Waals surface area contributed by atoms with Crippen LogP contribution in [0.2, 0.25) is 0 Å². The molecule has 0 atom stereocenters. The Bertz CT molecular complexity index is 602. The molecule has 0 amide bonds. The van der Waals surface area contributed by atoms with Gasteiger partial charge in [-0.05, 0) is 57.2 Å². The zero-order chi connectivity index (χ0) is 15.5. The molecule has 0 unspecified atom stereocenters. The number of nitrogens with zero attached hydrogens (tertiary/aromatic N) is 2. The second kappa shape index (κ2) is 7.13. The van der Waals surface area contributed by atoms with E-state index in [1.165, 1.54) is 16.0 Å². The lowest BCUT2D eigenvalue weighted by Gasteiger charge is -2.21. The smallest absolute Gasteiger partial charge is 0.179 e. The van der Waals surface area contributed by atoms with Crippen LogP contribution in [0.4, 0.5) is 0 Å². The van der Waals surface area contributed by atoms with Crippen LogP contribution in [-0.4, -0.2) is 22.0 Å². The van der Waals surface area contributed by atoms with Crippen molar-refractivity contribution in [2.45, 2.75) is 53.4 Å². The largest absolute Gasteiger partial charge is 0.308 e. The molecule has 0 saturated carbocycles. The molecule has 0 saturated heterocycles. The number of rotatable bonds is 5. The lowest BCUT2D eigenvalue weighted by molar-refractivity contribution is 0.424. The van der Waals surface area contributed by atoms with E-state index in [1.807, 2.05) is 6.26 Å². The second-order valence-corrected chi connectivity index (χ2v) is 9.18. The Labute approximate surface area is 139 Å². The number of nitrogens with one attached hydrogen (secondary N) is 1. The molecule has 114 valence electrons. The Morgan fingerprint density at radius 2 is 1.90 bits per heavy atom. The summed E-state index contributed by atoms with van der Waals surface area (Å²) in [5, 5.41) is 11.9. The van der Waals surface area contributed by atoms with Crippen LogP contribution in [0.3, 0.4) is 0 Å². The minimum absolute atomic E-state index is 0.140. The highest BCUT2D eigenvalue weighted by molar-refractivity contribution is 8.03. The SMILES string of the molecule is CSc1nnc(Sc2ccc(CNC(C)(C)C)c(C)c2)s1.